The summed E-state index contributed by atoms with van der Waals surface area (Å²) in [6, 6.07) is 5.69. The van der Waals surface area contributed by atoms with E-state index in [1.807, 2.05) is 6.92 Å². The maximum atomic E-state index is 12.9. The molecule has 2 N–H and O–H groups in total. The fourth-order valence-electron chi connectivity index (χ4n) is 2.97. The van der Waals surface area contributed by atoms with Gasteiger partial charge in [0.1, 0.15) is 0 Å². The number of nitrogens with zero attached hydrogens (tertiary/aromatic N) is 1. The van der Waals surface area contributed by atoms with Gasteiger partial charge in [-0.05, 0) is 49.9 Å². The summed E-state index contributed by atoms with van der Waals surface area (Å²) < 4.78 is 32.1. The number of carbonyl (C=O) groups is 1. The Morgan fingerprint density at radius 3 is 2.57 bits per heavy atom. The topological polar surface area (TPSA) is 89.7 Å². The lowest BCUT2D eigenvalue weighted by Crippen LogP contribution is -2.51. The van der Waals surface area contributed by atoms with Gasteiger partial charge in [0.25, 0.3) is 0 Å². The van der Waals surface area contributed by atoms with Crippen molar-refractivity contribution in [2.75, 3.05) is 19.7 Å². The summed E-state index contributed by atoms with van der Waals surface area (Å²) in [5.74, 6) is -0.217. The van der Waals surface area contributed by atoms with Crippen LogP contribution in [0, 0.1) is 5.92 Å². The molecule has 0 aromatic heterocycles. The fourth-order valence-corrected chi connectivity index (χ4v) is 4.74. The molecule has 128 valence electrons. The first kappa shape index (κ1) is 17.9. The van der Waals surface area contributed by atoms with E-state index >= 15 is 0 Å². The number of carbonyl (C=O) groups excluding carboxylic acids is 1. The highest BCUT2D eigenvalue weighted by atomic mass is 32.2. The second-order valence-electron chi connectivity index (χ2n) is 5.78. The lowest BCUT2D eigenvalue weighted by molar-refractivity contribution is 0.0526. The number of hydrogen-bond donors (Lipinski definition) is 1. The number of rotatable bonds is 5. The number of nitrogens with two attached hydrogens (primary N) is 1. The standard InChI is InChI=1S/C16H24N2O4S/c1-3-22-16(19)13-6-8-14(9-7-13)23(20,21)18-10-4-5-12(2)15(18)11-17/h6-9,12,15H,3-5,10-11,17H2,1-2H3. The van der Waals surface area contributed by atoms with Gasteiger partial charge in [-0.2, -0.15) is 4.31 Å². The number of hydrogen-bond acceptors (Lipinski definition) is 5. The van der Waals surface area contributed by atoms with Crippen molar-refractivity contribution < 1.29 is 17.9 Å². The first-order chi connectivity index (χ1) is 10.9. The van der Waals surface area contributed by atoms with E-state index in [9.17, 15) is 13.2 Å². The van der Waals surface area contributed by atoms with Crippen LogP contribution in [0.1, 0.15) is 37.0 Å². The molecule has 23 heavy (non-hydrogen) atoms. The van der Waals surface area contributed by atoms with E-state index in [-0.39, 0.29) is 23.5 Å². The van der Waals surface area contributed by atoms with Crippen molar-refractivity contribution in [2.24, 2.45) is 11.7 Å². The Morgan fingerprint density at radius 1 is 1.35 bits per heavy atom. The number of ether oxygens (including phenoxy) is 1. The van der Waals surface area contributed by atoms with E-state index in [2.05, 4.69) is 0 Å². The largest absolute Gasteiger partial charge is 0.462 e. The Hall–Kier alpha value is -1.44. The minimum absolute atomic E-state index is 0.179. The molecule has 1 heterocycles. The van der Waals surface area contributed by atoms with Crippen molar-refractivity contribution in [3.8, 4) is 0 Å². The van der Waals surface area contributed by atoms with E-state index < -0.39 is 16.0 Å². The molecule has 0 spiro atoms. The van der Waals surface area contributed by atoms with Crippen molar-refractivity contribution in [1.82, 2.24) is 4.31 Å². The summed E-state index contributed by atoms with van der Waals surface area (Å²) in [4.78, 5) is 11.8. The van der Waals surface area contributed by atoms with Gasteiger partial charge in [0, 0.05) is 19.1 Å². The zero-order valence-electron chi connectivity index (χ0n) is 13.6. The van der Waals surface area contributed by atoms with Crippen molar-refractivity contribution >= 4 is 16.0 Å². The van der Waals surface area contributed by atoms with Gasteiger partial charge in [-0.3, -0.25) is 0 Å². The van der Waals surface area contributed by atoms with Crippen LogP contribution in [-0.4, -0.2) is 44.4 Å². The molecule has 2 rings (SSSR count). The van der Waals surface area contributed by atoms with Crippen molar-refractivity contribution in [3.05, 3.63) is 29.8 Å². The van der Waals surface area contributed by atoms with Gasteiger partial charge >= 0.3 is 5.97 Å². The SMILES string of the molecule is CCOC(=O)c1ccc(S(=O)(=O)N2CCCC(C)C2CN)cc1. The first-order valence-electron chi connectivity index (χ1n) is 7.91. The molecule has 7 heteroatoms. The van der Waals surface area contributed by atoms with Crippen LogP contribution in [-0.2, 0) is 14.8 Å². The van der Waals surface area contributed by atoms with Gasteiger partial charge in [0.05, 0.1) is 17.1 Å². The molecule has 0 aliphatic carbocycles. The molecular weight excluding hydrogens is 316 g/mol. The highest BCUT2D eigenvalue weighted by molar-refractivity contribution is 7.89. The summed E-state index contributed by atoms with van der Waals surface area (Å²) >= 11 is 0. The quantitative estimate of drug-likeness (QED) is 0.823. The maximum Gasteiger partial charge on any atom is 0.338 e. The molecule has 2 unspecified atom stereocenters. The van der Waals surface area contributed by atoms with Crippen LogP contribution in [0.3, 0.4) is 0 Å². The predicted octanol–water partition coefficient (Wildman–Crippen LogP) is 1.61. The first-order valence-corrected chi connectivity index (χ1v) is 9.35. The number of benzene rings is 1. The van der Waals surface area contributed by atoms with Gasteiger partial charge in [0.15, 0.2) is 0 Å². The van der Waals surface area contributed by atoms with Crippen LogP contribution in [0.2, 0.25) is 0 Å². The average molecular weight is 340 g/mol. The molecule has 0 bridgehead atoms. The molecule has 1 fully saturated rings. The zero-order chi connectivity index (χ0) is 17.0. The van der Waals surface area contributed by atoms with Gasteiger partial charge < -0.3 is 10.5 Å². The third-order valence-electron chi connectivity index (χ3n) is 4.28. The summed E-state index contributed by atoms with van der Waals surface area (Å²) in [5, 5.41) is 0. The molecule has 2 atom stereocenters. The molecule has 1 saturated heterocycles. The summed E-state index contributed by atoms with van der Waals surface area (Å²) in [6.45, 7) is 4.82. The minimum atomic E-state index is -3.61. The van der Waals surface area contributed by atoms with Gasteiger partial charge in [0.2, 0.25) is 10.0 Å². The second-order valence-corrected chi connectivity index (χ2v) is 7.67. The Balaban J connectivity index is 2.27. The Bertz CT molecular complexity index is 643. The highest BCUT2D eigenvalue weighted by Gasteiger charge is 2.36. The van der Waals surface area contributed by atoms with E-state index in [0.717, 1.165) is 12.8 Å². The summed E-state index contributed by atoms with van der Waals surface area (Å²) in [7, 11) is -3.61. The Kier molecular flexibility index (Phi) is 5.78. The van der Waals surface area contributed by atoms with Crippen LogP contribution in [0.25, 0.3) is 0 Å². The smallest absolute Gasteiger partial charge is 0.338 e. The third kappa shape index (κ3) is 3.73. The molecule has 6 nitrogen and oxygen atoms in total. The highest BCUT2D eigenvalue weighted by Crippen LogP contribution is 2.28. The van der Waals surface area contributed by atoms with E-state index in [4.69, 9.17) is 10.5 Å². The Labute approximate surface area is 137 Å². The van der Waals surface area contributed by atoms with Crippen LogP contribution >= 0.6 is 0 Å². The van der Waals surface area contributed by atoms with Gasteiger partial charge in [-0.25, -0.2) is 13.2 Å². The monoisotopic (exact) mass is 340 g/mol. The molecule has 0 amide bonds. The molecule has 1 aromatic rings. The fraction of sp³-hybridized carbons (Fsp3) is 0.562. The zero-order valence-corrected chi connectivity index (χ0v) is 14.4. The third-order valence-corrected chi connectivity index (χ3v) is 6.22. The lowest BCUT2D eigenvalue weighted by Gasteiger charge is -2.38. The molecular formula is C16H24N2O4S. The van der Waals surface area contributed by atoms with Crippen LogP contribution in [0.4, 0.5) is 0 Å². The average Bonchev–Trinajstić information content (AvgIpc) is 2.55. The Morgan fingerprint density at radius 2 is 2.00 bits per heavy atom. The van der Waals surface area contributed by atoms with Gasteiger partial charge in [-0.15, -0.1) is 0 Å². The number of esters is 1. The van der Waals surface area contributed by atoms with E-state index in [1.165, 1.54) is 28.6 Å². The number of piperidine rings is 1. The summed E-state index contributed by atoms with van der Waals surface area (Å²) in [5.41, 5.74) is 6.13. The van der Waals surface area contributed by atoms with Gasteiger partial charge in [-0.1, -0.05) is 6.92 Å². The predicted molar refractivity (Wildman–Crippen MR) is 87.5 cm³/mol. The van der Waals surface area contributed by atoms with Crippen LogP contribution in [0.15, 0.2) is 29.2 Å². The van der Waals surface area contributed by atoms with Crippen molar-refractivity contribution in [3.63, 3.8) is 0 Å². The molecule has 0 radical (unpaired) electrons. The van der Waals surface area contributed by atoms with Crippen molar-refractivity contribution in [2.45, 2.75) is 37.6 Å². The molecule has 1 aliphatic rings. The lowest BCUT2D eigenvalue weighted by atomic mass is 9.93. The summed E-state index contributed by atoms with van der Waals surface area (Å²) in [6.07, 6.45) is 1.81. The maximum absolute atomic E-state index is 12.9. The van der Waals surface area contributed by atoms with E-state index in [0.29, 0.717) is 18.7 Å². The molecule has 0 saturated carbocycles. The van der Waals surface area contributed by atoms with E-state index in [1.54, 1.807) is 6.92 Å². The normalized spacial score (nSPS) is 22.7. The van der Waals surface area contributed by atoms with Crippen molar-refractivity contribution in [1.29, 1.82) is 0 Å². The molecule has 1 aliphatic heterocycles. The minimum Gasteiger partial charge on any atom is -0.462 e. The molecule has 1 aromatic carbocycles. The van der Waals surface area contributed by atoms with Crippen LogP contribution in [0.5, 0.6) is 0 Å². The second kappa shape index (κ2) is 7.42. The van der Waals surface area contributed by atoms with Crippen LogP contribution < -0.4 is 5.73 Å². The number of sulfonamides is 1.